The number of carbonyl (C=O) groups is 1. The molecule has 15 heavy (non-hydrogen) atoms. The topological polar surface area (TPSA) is 109 Å². The van der Waals surface area contributed by atoms with Gasteiger partial charge in [0.05, 0.1) is 4.92 Å². The number of rotatable bonds is 4. The number of azide groups is 1. The number of hydrogen-bond acceptors (Lipinski definition) is 3. The molecule has 0 saturated carbocycles. The van der Waals surface area contributed by atoms with E-state index in [2.05, 4.69) is 32.5 Å². The first-order valence-corrected chi connectivity index (χ1v) is 4.26. The van der Waals surface area contributed by atoms with Gasteiger partial charge < -0.3 is 0 Å². The van der Waals surface area contributed by atoms with Crippen LogP contribution in [-0.2, 0) is 4.79 Å². The summed E-state index contributed by atoms with van der Waals surface area (Å²) in [4.78, 5) is 22.8. The van der Waals surface area contributed by atoms with E-state index < -0.39 is 15.4 Å². The summed E-state index contributed by atoms with van der Waals surface area (Å²) in [7, 11) is 0. The molecule has 0 bridgehead atoms. The van der Waals surface area contributed by atoms with Gasteiger partial charge in [-0.3, -0.25) is 14.9 Å². The molecule has 0 aliphatic rings. The Morgan fingerprint density at radius 2 is 2.27 bits per heavy atom. The van der Waals surface area contributed by atoms with E-state index >= 15 is 0 Å². The van der Waals surface area contributed by atoms with Crippen LogP contribution in [0.25, 0.3) is 10.4 Å². The van der Waals surface area contributed by atoms with Crippen molar-refractivity contribution in [1.82, 2.24) is 0 Å². The fourth-order valence-electron chi connectivity index (χ4n) is 0.587. The largest absolute Gasteiger partial charge is 0.311 e. The average Bonchev–Trinajstić information content (AvgIpc) is 2.17. The van der Waals surface area contributed by atoms with Gasteiger partial charge in [0.25, 0.3) is 0 Å². The predicted octanol–water partition coefficient (Wildman–Crippen LogP) is 2.45. The zero-order chi connectivity index (χ0) is 11.8. The molecule has 78 valence electrons. The molecule has 0 fully saturated rings. The summed E-state index contributed by atoms with van der Waals surface area (Å²) in [6, 6.07) is 0. The van der Waals surface area contributed by atoms with Gasteiger partial charge in [0.15, 0.2) is 0 Å². The van der Waals surface area contributed by atoms with Crippen molar-refractivity contribution in [2.75, 3.05) is 0 Å². The van der Waals surface area contributed by atoms with Crippen molar-refractivity contribution >= 4 is 21.8 Å². The summed E-state index contributed by atoms with van der Waals surface area (Å²) < 4.78 is -0.419. The van der Waals surface area contributed by atoms with Crippen molar-refractivity contribution in [1.29, 1.82) is 0 Å². The molecule has 0 unspecified atom stereocenters. The summed E-state index contributed by atoms with van der Waals surface area (Å²) in [5.74, 6) is -0.920. The molecule has 0 aliphatic carbocycles. The molecule has 7 nitrogen and oxygen atoms in total. The average molecular weight is 273 g/mol. The van der Waals surface area contributed by atoms with Crippen LogP contribution in [0, 0.1) is 10.1 Å². The van der Waals surface area contributed by atoms with Crippen molar-refractivity contribution in [3.8, 4) is 0 Å². The molecule has 0 radical (unpaired) electrons. The first kappa shape index (κ1) is 13.1. The van der Waals surface area contributed by atoms with Crippen molar-refractivity contribution in [2.45, 2.75) is 0 Å². The Balaban J connectivity index is 5.18. The summed E-state index contributed by atoms with van der Waals surface area (Å²) in [5.41, 5.74) is 7.88. The highest BCUT2D eigenvalue weighted by molar-refractivity contribution is 9.11. The molecule has 0 heterocycles. The lowest BCUT2D eigenvalue weighted by Gasteiger charge is -1.92. The summed E-state index contributed by atoms with van der Waals surface area (Å²) in [6.07, 6.45) is 3.37. The monoisotopic (exact) mass is 272 g/mol. The zero-order valence-electron chi connectivity index (χ0n) is 7.33. The first-order chi connectivity index (χ1) is 7.02. The maximum absolute atomic E-state index is 11.1. The van der Waals surface area contributed by atoms with E-state index in [1.165, 1.54) is 12.2 Å². The smallest absolute Gasteiger partial charge is 0.287 e. The van der Waals surface area contributed by atoms with E-state index in [-0.39, 0.29) is 5.57 Å². The van der Waals surface area contributed by atoms with Crippen molar-refractivity contribution < 1.29 is 9.72 Å². The van der Waals surface area contributed by atoms with E-state index in [1.807, 2.05) is 0 Å². The van der Waals surface area contributed by atoms with Gasteiger partial charge in [0.1, 0.15) is 0 Å². The maximum atomic E-state index is 11.1. The van der Waals surface area contributed by atoms with Gasteiger partial charge in [-0.25, -0.2) is 0 Å². The molecular weight excluding hydrogens is 268 g/mol. The highest BCUT2D eigenvalue weighted by Gasteiger charge is 2.10. The summed E-state index contributed by atoms with van der Waals surface area (Å²) in [5, 5.41) is 13.0. The lowest BCUT2D eigenvalue weighted by molar-refractivity contribution is -0.408. The van der Waals surface area contributed by atoms with Gasteiger partial charge in [-0.1, -0.05) is 18.7 Å². The maximum Gasteiger partial charge on any atom is 0.311 e. The number of allylic oxidation sites excluding steroid dienone is 2. The van der Waals surface area contributed by atoms with Crippen LogP contribution in [-0.4, -0.2) is 10.8 Å². The Morgan fingerprint density at radius 3 is 2.67 bits per heavy atom. The van der Waals surface area contributed by atoms with E-state index in [1.54, 1.807) is 0 Å². The second-order valence-electron chi connectivity index (χ2n) is 2.08. The Kier molecular flexibility index (Phi) is 5.69. The lowest BCUT2D eigenvalue weighted by Crippen LogP contribution is -1.98. The number of amides is 1. The molecule has 0 atom stereocenters. The Labute approximate surface area is 92.7 Å². The van der Waals surface area contributed by atoms with E-state index in [0.29, 0.717) is 0 Å². The van der Waals surface area contributed by atoms with E-state index in [4.69, 9.17) is 5.53 Å². The van der Waals surface area contributed by atoms with E-state index in [9.17, 15) is 14.9 Å². The highest BCUT2D eigenvalue weighted by Crippen LogP contribution is 2.11. The van der Waals surface area contributed by atoms with Gasteiger partial charge >= 0.3 is 4.61 Å². The van der Waals surface area contributed by atoms with Gasteiger partial charge in [-0.05, 0) is 10.6 Å². The molecule has 0 aliphatic heterocycles. The van der Waals surface area contributed by atoms with Gasteiger partial charge in [0.2, 0.25) is 5.91 Å². The van der Waals surface area contributed by atoms with Crippen LogP contribution in [0.3, 0.4) is 0 Å². The molecule has 0 saturated heterocycles. The van der Waals surface area contributed by atoms with Crippen LogP contribution < -0.4 is 0 Å². The SMILES string of the molecule is C=C/C=C(\C=C(/Br)[N+](=O)[O-])C(=O)N=[N+]=[N-]. The van der Waals surface area contributed by atoms with Crippen LogP contribution in [0.5, 0.6) is 0 Å². The molecular formula is C7H5BrN4O3. The molecule has 1 amide bonds. The van der Waals surface area contributed by atoms with Crippen molar-refractivity contribution in [3.05, 3.63) is 55.5 Å². The van der Waals surface area contributed by atoms with Crippen molar-refractivity contribution in [3.63, 3.8) is 0 Å². The zero-order valence-corrected chi connectivity index (χ0v) is 8.92. The minimum Gasteiger partial charge on any atom is -0.287 e. The Bertz CT molecular complexity index is 406. The fraction of sp³-hybridized carbons (Fsp3) is 0. The quantitative estimate of drug-likeness (QED) is 0.115. The first-order valence-electron chi connectivity index (χ1n) is 3.46. The molecule has 8 heteroatoms. The summed E-state index contributed by atoms with van der Waals surface area (Å²) in [6.45, 7) is 3.32. The lowest BCUT2D eigenvalue weighted by atomic mass is 10.2. The number of nitrogens with zero attached hydrogens (tertiary/aromatic N) is 4. The molecule has 0 aromatic heterocycles. The second kappa shape index (κ2) is 6.52. The normalized spacial score (nSPS) is 11.5. The van der Waals surface area contributed by atoms with Crippen LogP contribution in [0.4, 0.5) is 0 Å². The minimum absolute atomic E-state index is 0.133. The predicted molar refractivity (Wildman–Crippen MR) is 56.4 cm³/mol. The van der Waals surface area contributed by atoms with Crippen LogP contribution in [0.2, 0.25) is 0 Å². The van der Waals surface area contributed by atoms with Crippen LogP contribution >= 0.6 is 15.9 Å². The van der Waals surface area contributed by atoms with Crippen molar-refractivity contribution in [2.24, 2.45) is 5.11 Å². The molecule has 0 aromatic rings. The Hall–Kier alpha value is -1.92. The number of carbonyl (C=O) groups excluding carboxylic acids is 1. The molecule has 0 aromatic carbocycles. The Morgan fingerprint density at radius 1 is 1.67 bits per heavy atom. The van der Waals surface area contributed by atoms with Crippen LogP contribution in [0.15, 0.2) is 40.1 Å². The van der Waals surface area contributed by atoms with Gasteiger partial charge in [-0.15, -0.1) is 0 Å². The van der Waals surface area contributed by atoms with Gasteiger partial charge in [-0.2, -0.15) is 0 Å². The third-order valence-electron chi connectivity index (χ3n) is 1.13. The molecule has 0 N–H and O–H groups in total. The number of nitro groups is 1. The fourth-order valence-corrected chi connectivity index (χ4v) is 0.834. The minimum atomic E-state index is -0.920. The third kappa shape index (κ3) is 4.75. The highest BCUT2D eigenvalue weighted by atomic mass is 79.9. The molecule has 0 rings (SSSR count). The second-order valence-corrected chi connectivity index (χ2v) is 2.89. The van der Waals surface area contributed by atoms with E-state index in [0.717, 1.165) is 6.08 Å². The number of hydrogen-bond donors (Lipinski definition) is 0. The number of halogens is 1. The third-order valence-corrected chi connectivity index (χ3v) is 1.65. The van der Waals surface area contributed by atoms with Crippen LogP contribution in [0.1, 0.15) is 0 Å². The van der Waals surface area contributed by atoms with Gasteiger partial charge in [0, 0.05) is 32.5 Å². The summed E-state index contributed by atoms with van der Waals surface area (Å²) >= 11 is 2.63. The molecule has 0 spiro atoms. The standard InChI is InChI=1S/C7H5BrN4O3/c1-2-3-5(7(13)10-11-9)4-6(8)12(14)15/h2-4H,1H2/b5-3+,6-4+.